The standard InChI is InChI=1S/C10H15N6O2.BrH/c1-15-5-6-16(8-15)4-2-10(17)18-7-3-9-11-13-14-12-9;/h5-6,8H,2-4,7H2,1H3,(H,11,12,13,14);1H/q+1;/p-1. The SMILES string of the molecule is C[n+]1ccn(CCC(=O)OCCc2nn[nH]n2)c1.[Br-]. The van der Waals surface area contributed by atoms with Gasteiger partial charge >= 0.3 is 5.97 Å². The highest BCUT2D eigenvalue weighted by molar-refractivity contribution is 5.69. The molecule has 0 aliphatic heterocycles. The summed E-state index contributed by atoms with van der Waals surface area (Å²) in [6, 6.07) is 0. The summed E-state index contributed by atoms with van der Waals surface area (Å²) in [4.78, 5) is 11.4. The smallest absolute Gasteiger partial charge is 0.309 e. The van der Waals surface area contributed by atoms with Crippen molar-refractivity contribution in [1.29, 1.82) is 0 Å². The predicted molar refractivity (Wildman–Crippen MR) is 59.1 cm³/mol. The van der Waals surface area contributed by atoms with E-state index in [1.165, 1.54) is 0 Å². The topological polar surface area (TPSA) is 89.6 Å². The van der Waals surface area contributed by atoms with Crippen LogP contribution in [0.1, 0.15) is 12.2 Å². The predicted octanol–water partition coefficient (Wildman–Crippen LogP) is -3.99. The zero-order valence-corrected chi connectivity index (χ0v) is 12.1. The molecule has 0 aliphatic rings. The van der Waals surface area contributed by atoms with Crippen molar-refractivity contribution < 1.29 is 31.1 Å². The molecule has 0 radical (unpaired) electrons. The Bertz CT molecular complexity index is 498. The van der Waals surface area contributed by atoms with Gasteiger partial charge in [-0.15, -0.1) is 10.2 Å². The molecule has 0 saturated carbocycles. The van der Waals surface area contributed by atoms with Crippen molar-refractivity contribution in [3.63, 3.8) is 0 Å². The molecule has 0 saturated heterocycles. The molecule has 0 atom stereocenters. The van der Waals surface area contributed by atoms with Gasteiger partial charge in [-0.05, 0) is 0 Å². The Hall–Kier alpha value is -1.77. The summed E-state index contributed by atoms with van der Waals surface area (Å²) in [6.45, 7) is 0.889. The lowest BCUT2D eigenvalue weighted by molar-refractivity contribution is -0.671. The second-order valence-corrected chi connectivity index (χ2v) is 3.87. The summed E-state index contributed by atoms with van der Waals surface area (Å²) >= 11 is 0. The van der Waals surface area contributed by atoms with Gasteiger partial charge in [0.1, 0.15) is 18.9 Å². The quantitative estimate of drug-likeness (QED) is 0.431. The van der Waals surface area contributed by atoms with Crippen molar-refractivity contribution in [3.8, 4) is 0 Å². The van der Waals surface area contributed by atoms with Crippen LogP contribution in [-0.2, 0) is 29.5 Å². The normalized spacial score (nSPS) is 9.95. The van der Waals surface area contributed by atoms with Gasteiger partial charge in [0.15, 0.2) is 5.82 Å². The van der Waals surface area contributed by atoms with E-state index in [0.29, 0.717) is 25.2 Å². The molecule has 8 nitrogen and oxygen atoms in total. The first-order valence-corrected chi connectivity index (χ1v) is 5.63. The van der Waals surface area contributed by atoms with Gasteiger partial charge in [-0.25, -0.2) is 9.13 Å². The number of hydrogen-bond acceptors (Lipinski definition) is 5. The maximum atomic E-state index is 11.4. The van der Waals surface area contributed by atoms with E-state index < -0.39 is 0 Å². The molecular formula is C10H15BrN6O2. The Kier molecular flexibility index (Phi) is 6.13. The third-order valence-electron chi connectivity index (χ3n) is 2.38. The maximum absolute atomic E-state index is 11.4. The fourth-order valence-corrected chi connectivity index (χ4v) is 1.47. The average molecular weight is 331 g/mol. The van der Waals surface area contributed by atoms with E-state index in [9.17, 15) is 4.79 Å². The number of aromatic nitrogens is 6. The number of aryl methyl sites for hydroxylation is 2. The van der Waals surface area contributed by atoms with Gasteiger partial charge in [0.05, 0.1) is 20.1 Å². The number of nitrogens with one attached hydrogen (secondary N) is 1. The molecule has 9 heteroatoms. The molecule has 2 aromatic heterocycles. The Balaban J connectivity index is 0.00000180. The van der Waals surface area contributed by atoms with Crippen molar-refractivity contribution in [2.45, 2.75) is 19.4 Å². The van der Waals surface area contributed by atoms with Gasteiger partial charge in [-0.1, -0.05) is 5.21 Å². The number of halogens is 1. The van der Waals surface area contributed by atoms with E-state index in [1.54, 1.807) is 0 Å². The number of H-pyrrole nitrogens is 1. The van der Waals surface area contributed by atoms with Crippen molar-refractivity contribution in [2.75, 3.05) is 6.61 Å². The van der Waals surface area contributed by atoms with Crippen molar-refractivity contribution in [3.05, 3.63) is 24.5 Å². The maximum Gasteiger partial charge on any atom is 0.309 e. The minimum absolute atomic E-state index is 0. The number of esters is 1. The van der Waals surface area contributed by atoms with Gasteiger partial charge in [-0.2, -0.15) is 5.21 Å². The molecule has 0 amide bonds. The lowest BCUT2D eigenvalue weighted by atomic mass is 10.4. The van der Waals surface area contributed by atoms with Crippen LogP contribution in [0.15, 0.2) is 18.7 Å². The minimum atomic E-state index is -0.227. The van der Waals surface area contributed by atoms with Crippen LogP contribution in [0.2, 0.25) is 0 Å². The van der Waals surface area contributed by atoms with Crippen molar-refractivity contribution in [2.24, 2.45) is 7.05 Å². The fraction of sp³-hybridized carbons (Fsp3) is 0.500. The highest BCUT2D eigenvalue weighted by atomic mass is 79.9. The average Bonchev–Trinajstić information content (AvgIpc) is 2.98. The molecule has 0 spiro atoms. The summed E-state index contributed by atoms with van der Waals surface area (Å²) in [6.07, 6.45) is 6.56. The third kappa shape index (κ3) is 5.16. The molecule has 104 valence electrons. The van der Waals surface area contributed by atoms with Crippen LogP contribution in [0.3, 0.4) is 0 Å². The highest BCUT2D eigenvalue weighted by Crippen LogP contribution is 1.94. The minimum Gasteiger partial charge on any atom is -1.00 e. The monoisotopic (exact) mass is 330 g/mol. The molecule has 2 rings (SSSR count). The zero-order chi connectivity index (χ0) is 12.8. The first-order valence-electron chi connectivity index (χ1n) is 5.63. The van der Waals surface area contributed by atoms with E-state index >= 15 is 0 Å². The summed E-state index contributed by atoms with van der Waals surface area (Å²) in [7, 11) is 1.93. The van der Waals surface area contributed by atoms with Gasteiger partial charge in [0, 0.05) is 6.42 Å². The lowest BCUT2D eigenvalue weighted by Crippen LogP contribution is -3.00. The molecule has 2 aromatic rings. The van der Waals surface area contributed by atoms with Gasteiger partial charge in [0.2, 0.25) is 6.33 Å². The van der Waals surface area contributed by atoms with E-state index in [1.807, 2.05) is 34.9 Å². The van der Waals surface area contributed by atoms with E-state index in [-0.39, 0.29) is 29.6 Å². The summed E-state index contributed by atoms with van der Waals surface area (Å²) in [5.41, 5.74) is 0. The largest absolute Gasteiger partial charge is 1.00 e. The summed E-state index contributed by atoms with van der Waals surface area (Å²) in [5, 5.41) is 13.3. The lowest BCUT2D eigenvalue weighted by Gasteiger charge is -2.01. The molecule has 19 heavy (non-hydrogen) atoms. The van der Waals surface area contributed by atoms with E-state index in [4.69, 9.17) is 4.74 Å². The molecular weight excluding hydrogens is 316 g/mol. The van der Waals surface area contributed by atoms with Crippen LogP contribution in [0.5, 0.6) is 0 Å². The Labute approximate surface area is 120 Å². The Morgan fingerprint density at radius 3 is 3.05 bits per heavy atom. The van der Waals surface area contributed by atoms with Gasteiger partial charge in [0.25, 0.3) is 0 Å². The number of rotatable bonds is 6. The highest BCUT2D eigenvalue weighted by Gasteiger charge is 2.07. The zero-order valence-electron chi connectivity index (χ0n) is 10.5. The number of carbonyl (C=O) groups excluding carboxylic acids is 1. The fourth-order valence-electron chi connectivity index (χ4n) is 1.47. The van der Waals surface area contributed by atoms with E-state index in [0.717, 1.165) is 0 Å². The number of ether oxygens (including phenoxy) is 1. The molecule has 0 aromatic carbocycles. The summed E-state index contributed by atoms with van der Waals surface area (Å²) in [5.74, 6) is 0.315. The van der Waals surface area contributed by atoms with Crippen molar-refractivity contribution in [1.82, 2.24) is 25.2 Å². The molecule has 0 unspecified atom stereocenters. The van der Waals surface area contributed by atoms with Gasteiger partial charge in [-0.3, -0.25) is 4.79 Å². The molecule has 2 heterocycles. The number of nitrogens with zero attached hydrogens (tertiary/aromatic N) is 5. The molecule has 0 fully saturated rings. The molecule has 0 bridgehead atoms. The summed E-state index contributed by atoms with van der Waals surface area (Å²) < 4.78 is 8.91. The van der Waals surface area contributed by atoms with Gasteiger partial charge < -0.3 is 21.7 Å². The molecule has 1 N–H and O–H groups in total. The first-order chi connectivity index (χ1) is 8.74. The second kappa shape index (κ2) is 7.62. The number of tetrazole rings is 1. The Morgan fingerprint density at radius 1 is 1.58 bits per heavy atom. The number of imidazole rings is 1. The van der Waals surface area contributed by atoms with Crippen molar-refractivity contribution >= 4 is 5.97 Å². The van der Waals surface area contributed by atoms with Crippen LogP contribution in [0.25, 0.3) is 0 Å². The second-order valence-electron chi connectivity index (χ2n) is 3.87. The van der Waals surface area contributed by atoms with Crippen LogP contribution < -0.4 is 21.5 Å². The van der Waals surface area contributed by atoms with E-state index in [2.05, 4.69) is 20.6 Å². The number of hydrogen-bond donors (Lipinski definition) is 1. The number of carbonyl (C=O) groups is 1. The van der Waals surface area contributed by atoms with Crippen LogP contribution in [-0.4, -0.2) is 37.8 Å². The third-order valence-corrected chi connectivity index (χ3v) is 2.38. The first kappa shape index (κ1) is 15.3. The van der Waals surface area contributed by atoms with Crippen LogP contribution in [0, 0.1) is 0 Å². The number of aromatic amines is 1. The molecule has 0 aliphatic carbocycles. The van der Waals surface area contributed by atoms with Crippen LogP contribution in [0.4, 0.5) is 0 Å². The van der Waals surface area contributed by atoms with Crippen LogP contribution >= 0.6 is 0 Å². The Morgan fingerprint density at radius 2 is 2.42 bits per heavy atom.